The monoisotopic (exact) mass is 367 g/mol. The predicted molar refractivity (Wildman–Crippen MR) is 71.0 cm³/mol. The van der Waals surface area contributed by atoms with Crippen LogP contribution in [0.1, 0.15) is 10.4 Å². The topological polar surface area (TPSA) is 38.3 Å². The van der Waals surface area contributed by atoms with E-state index in [9.17, 15) is 9.18 Å². The van der Waals surface area contributed by atoms with E-state index in [-0.39, 0.29) is 11.6 Å². The van der Waals surface area contributed by atoms with Gasteiger partial charge in [-0.1, -0.05) is 31.9 Å². The van der Waals surface area contributed by atoms with E-state index in [0.29, 0.717) is 16.4 Å². The van der Waals surface area contributed by atoms with Gasteiger partial charge in [0.15, 0.2) is 0 Å². The van der Waals surface area contributed by atoms with Crippen LogP contribution in [-0.4, -0.2) is 31.0 Å². The van der Waals surface area contributed by atoms with Crippen molar-refractivity contribution >= 4 is 37.8 Å². The molecule has 1 rings (SSSR count). The van der Waals surface area contributed by atoms with Crippen molar-refractivity contribution in [3.63, 3.8) is 0 Å². The zero-order valence-corrected chi connectivity index (χ0v) is 12.3. The molecule has 0 spiro atoms. The fraction of sp³-hybridized carbons (Fsp3) is 0.364. The van der Waals surface area contributed by atoms with Crippen LogP contribution in [0, 0.1) is 5.82 Å². The maximum Gasteiger partial charge on any atom is 0.254 e. The first kappa shape index (κ1) is 14.6. The Labute approximate surface area is 116 Å². The average molecular weight is 369 g/mol. The van der Waals surface area contributed by atoms with Gasteiger partial charge >= 0.3 is 0 Å². The van der Waals surface area contributed by atoms with E-state index in [1.54, 1.807) is 13.2 Å². The summed E-state index contributed by atoms with van der Waals surface area (Å²) in [5.74, 6) is -0.998. The summed E-state index contributed by atoms with van der Waals surface area (Å²) in [7, 11) is 1.54. The highest BCUT2D eigenvalue weighted by atomic mass is 79.9. The fourth-order valence-electron chi connectivity index (χ4n) is 1.26. The van der Waals surface area contributed by atoms with Crippen LogP contribution in [0.3, 0.4) is 0 Å². The molecule has 0 fully saturated rings. The number of hydrogen-bond donors (Lipinski definition) is 1. The molecule has 0 aliphatic heterocycles. The van der Waals surface area contributed by atoms with Crippen LogP contribution in [0.15, 0.2) is 22.7 Å². The standard InChI is InChI=1S/C11H12Br2FNO2/c1-17-6-8(5-12)15-11(16)9-4-7(13)2-3-10(9)14/h2-4,8H,5-6H2,1H3,(H,15,16). The summed E-state index contributed by atoms with van der Waals surface area (Å²) >= 11 is 6.45. The number of ether oxygens (including phenoxy) is 1. The van der Waals surface area contributed by atoms with Gasteiger partial charge in [0.05, 0.1) is 18.2 Å². The van der Waals surface area contributed by atoms with Gasteiger partial charge < -0.3 is 10.1 Å². The molecule has 0 aromatic heterocycles. The molecular formula is C11H12Br2FNO2. The van der Waals surface area contributed by atoms with E-state index in [1.165, 1.54) is 12.1 Å². The number of carbonyl (C=O) groups is 1. The van der Waals surface area contributed by atoms with Gasteiger partial charge in [0, 0.05) is 16.9 Å². The minimum absolute atomic E-state index is 0.0152. The molecule has 0 bridgehead atoms. The second kappa shape index (κ2) is 7.08. The van der Waals surface area contributed by atoms with Crippen molar-refractivity contribution < 1.29 is 13.9 Å². The number of alkyl halides is 1. The van der Waals surface area contributed by atoms with Crippen LogP contribution in [0.2, 0.25) is 0 Å². The molecule has 3 nitrogen and oxygen atoms in total. The summed E-state index contributed by atoms with van der Waals surface area (Å²) in [6.45, 7) is 0.368. The average Bonchev–Trinajstić information content (AvgIpc) is 2.31. The largest absolute Gasteiger partial charge is 0.383 e. The van der Waals surface area contributed by atoms with Crippen molar-refractivity contribution in [3.05, 3.63) is 34.1 Å². The lowest BCUT2D eigenvalue weighted by molar-refractivity contribution is 0.0904. The summed E-state index contributed by atoms with van der Waals surface area (Å²) < 4.78 is 19.0. The molecule has 0 saturated heterocycles. The van der Waals surface area contributed by atoms with E-state index in [4.69, 9.17) is 4.74 Å². The van der Waals surface area contributed by atoms with Gasteiger partial charge in [-0.15, -0.1) is 0 Å². The number of carbonyl (C=O) groups excluding carboxylic acids is 1. The van der Waals surface area contributed by atoms with Crippen molar-refractivity contribution in [2.75, 3.05) is 19.0 Å². The molecule has 1 N–H and O–H groups in total. The third-order valence-corrected chi connectivity index (χ3v) is 3.34. The number of halogens is 3. The Bertz CT molecular complexity index is 401. The highest BCUT2D eigenvalue weighted by Gasteiger charge is 2.16. The predicted octanol–water partition coefficient (Wildman–Crippen LogP) is 2.73. The number of rotatable bonds is 5. The fourth-order valence-corrected chi connectivity index (χ4v) is 1.97. The molecular weight excluding hydrogens is 357 g/mol. The number of hydrogen-bond acceptors (Lipinski definition) is 2. The normalized spacial score (nSPS) is 12.2. The van der Waals surface area contributed by atoms with Gasteiger partial charge in [-0.25, -0.2) is 4.39 Å². The molecule has 0 aliphatic rings. The number of nitrogens with one attached hydrogen (secondary N) is 1. The van der Waals surface area contributed by atoms with Crippen LogP contribution in [0.5, 0.6) is 0 Å². The van der Waals surface area contributed by atoms with E-state index in [2.05, 4.69) is 37.2 Å². The van der Waals surface area contributed by atoms with Crippen LogP contribution in [-0.2, 0) is 4.74 Å². The lowest BCUT2D eigenvalue weighted by Gasteiger charge is -2.15. The quantitative estimate of drug-likeness (QED) is 0.811. The second-order valence-corrected chi connectivity index (χ2v) is 4.97. The van der Waals surface area contributed by atoms with Crippen LogP contribution in [0.25, 0.3) is 0 Å². The molecule has 6 heteroatoms. The van der Waals surface area contributed by atoms with Crippen LogP contribution in [0.4, 0.5) is 4.39 Å². The lowest BCUT2D eigenvalue weighted by atomic mass is 10.2. The zero-order valence-electron chi connectivity index (χ0n) is 9.17. The third kappa shape index (κ3) is 4.37. The van der Waals surface area contributed by atoms with Crippen LogP contribution < -0.4 is 5.32 Å². The lowest BCUT2D eigenvalue weighted by Crippen LogP contribution is -2.39. The zero-order chi connectivity index (χ0) is 12.8. The summed E-state index contributed by atoms with van der Waals surface area (Å²) in [5.41, 5.74) is 0.0152. The van der Waals surface area contributed by atoms with E-state index < -0.39 is 11.7 Å². The molecule has 94 valence electrons. The summed E-state index contributed by atoms with van der Waals surface area (Å²) in [6.07, 6.45) is 0. The first-order chi connectivity index (χ1) is 8.08. The minimum atomic E-state index is -0.545. The van der Waals surface area contributed by atoms with E-state index >= 15 is 0 Å². The first-order valence-electron chi connectivity index (χ1n) is 4.89. The molecule has 1 amide bonds. The van der Waals surface area contributed by atoms with Crippen molar-refractivity contribution in [1.82, 2.24) is 5.32 Å². The summed E-state index contributed by atoms with van der Waals surface area (Å²) in [5, 5.41) is 3.22. The Balaban J connectivity index is 2.78. The number of benzene rings is 1. The van der Waals surface area contributed by atoms with Gasteiger partial charge in [0.2, 0.25) is 0 Å². The Morgan fingerprint density at radius 1 is 1.59 bits per heavy atom. The summed E-state index contributed by atoms with van der Waals surface area (Å²) in [4.78, 5) is 11.8. The Morgan fingerprint density at radius 2 is 2.29 bits per heavy atom. The van der Waals surface area contributed by atoms with Crippen molar-refractivity contribution in [2.45, 2.75) is 6.04 Å². The molecule has 1 atom stereocenters. The maximum atomic E-state index is 13.4. The molecule has 17 heavy (non-hydrogen) atoms. The Kier molecular flexibility index (Phi) is 6.08. The van der Waals surface area contributed by atoms with Gasteiger partial charge in [-0.05, 0) is 18.2 Å². The van der Waals surface area contributed by atoms with Crippen molar-refractivity contribution in [3.8, 4) is 0 Å². The minimum Gasteiger partial charge on any atom is -0.383 e. The maximum absolute atomic E-state index is 13.4. The van der Waals surface area contributed by atoms with Gasteiger partial charge in [0.25, 0.3) is 5.91 Å². The SMILES string of the molecule is COCC(CBr)NC(=O)c1cc(Br)ccc1F. The highest BCUT2D eigenvalue weighted by Crippen LogP contribution is 2.15. The molecule has 0 saturated carbocycles. The van der Waals surface area contributed by atoms with Crippen molar-refractivity contribution in [1.29, 1.82) is 0 Å². The van der Waals surface area contributed by atoms with Crippen molar-refractivity contribution in [2.24, 2.45) is 0 Å². The van der Waals surface area contributed by atoms with E-state index in [1.807, 2.05) is 0 Å². The molecule has 0 aliphatic carbocycles. The molecule has 1 unspecified atom stereocenters. The third-order valence-electron chi connectivity index (χ3n) is 2.06. The number of amides is 1. The summed E-state index contributed by atoms with van der Waals surface area (Å²) in [6, 6.07) is 4.05. The molecule has 1 aromatic carbocycles. The molecule has 0 heterocycles. The molecule has 0 radical (unpaired) electrons. The van der Waals surface area contributed by atoms with E-state index in [0.717, 1.165) is 0 Å². The molecule has 1 aromatic rings. The Hall–Kier alpha value is -0.460. The van der Waals surface area contributed by atoms with Crippen LogP contribution >= 0.6 is 31.9 Å². The Morgan fingerprint density at radius 3 is 2.88 bits per heavy atom. The smallest absolute Gasteiger partial charge is 0.254 e. The van der Waals surface area contributed by atoms with Gasteiger partial charge in [-0.2, -0.15) is 0 Å². The highest BCUT2D eigenvalue weighted by molar-refractivity contribution is 9.10. The van der Waals surface area contributed by atoms with Gasteiger partial charge in [0.1, 0.15) is 5.82 Å². The second-order valence-electron chi connectivity index (χ2n) is 3.40. The number of methoxy groups -OCH3 is 1. The van der Waals surface area contributed by atoms with Gasteiger partial charge in [-0.3, -0.25) is 4.79 Å². The first-order valence-corrected chi connectivity index (χ1v) is 6.80.